The highest BCUT2D eigenvalue weighted by Crippen LogP contribution is 2.19. The molecular weight excluding hydrogens is 238 g/mol. The molecule has 0 fully saturated rings. The van der Waals surface area contributed by atoms with Gasteiger partial charge in [0, 0.05) is 30.3 Å². The Hall–Kier alpha value is -1.55. The van der Waals surface area contributed by atoms with Gasteiger partial charge in [-0.1, -0.05) is 13.8 Å². The van der Waals surface area contributed by atoms with Crippen LogP contribution in [0.5, 0.6) is 0 Å². The van der Waals surface area contributed by atoms with E-state index in [2.05, 4.69) is 43.4 Å². The highest BCUT2D eigenvalue weighted by Gasteiger charge is 2.14. The van der Waals surface area contributed by atoms with Crippen molar-refractivity contribution in [1.29, 1.82) is 0 Å². The summed E-state index contributed by atoms with van der Waals surface area (Å²) in [7, 11) is 0. The minimum absolute atomic E-state index is 0.268. The van der Waals surface area contributed by atoms with Crippen molar-refractivity contribution < 1.29 is 4.42 Å². The fraction of sp³-hybridized carbons (Fsp3) is 0.533. The lowest BCUT2D eigenvalue weighted by Crippen LogP contribution is -2.22. The van der Waals surface area contributed by atoms with Gasteiger partial charge in [-0.05, 0) is 32.0 Å². The molecule has 0 aliphatic carbocycles. The van der Waals surface area contributed by atoms with Gasteiger partial charge >= 0.3 is 0 Å². The number of hydrogen-bond donors (Lipinski definition) is 1. The fourth-order valence-corrected chi connectivity index (χ4v) is 2.16. The zero-order valence-corrected chi connectivity index (χ0v) is 12.0. The molecule has 0 bridgehead atoms. The minimum atomic E-state index is 0.268. The van der Waals surface area contributed by atoms with Crippen LogP contribution in [0.1, 0.15) is 50.5 Å². The Labute approximate surface area is 114 Å². The predicted octanol–water partition coefficient (Wildman–Crippen LogP) is 3.34. The van der Waals surface area contributed by atoms with Crippen LogP contribution in [-0.2, 0) is 6.42 Å². The first-order chi connectivity index (χ1) is 9.24. The van der Waals surface area contributed by atoms with Crippen molar-refractivity contribution in [3.63, 3.8) is 0 Å². The summed E-state index contributed by atoms with van der Waals surface area (Å²) in [6.45, 7) is 7.42. The number of nitrogens with one attached hydrogen (secondary N) is 1. The summed E-state index contributed by atoms with van der Waals surface area (Å²) in [4.78, 5) is 0. The van der Waals surface area contributed by atoms with Crippen LogP contribution in [0.2, 0.25) is 0 Å². The van der Waals surface area contributed by atoms with E-state index in [4.69, 9.17) is 4.42 Å². The van der Waals surface area contributed by atoms with E-state index >= 15 is 0 Å². The molecular formula is C15H23N3O. The van der Waals surface area contributed by atoms with Gasteiger partial charge in [0.2, 0.25) is 0 Å². The number of aromatic nitrogens is 2. The molecule has 0 saturated heterocycles. The smallest absolute Gasteiger partial charge is 0.0950 e. The quantitative estimate of drug-likeness (QED) is 0.831. The van der Waals surface area contributed by atoms with E-state index in [1.54, 1.807) is 12.5 Å². The van der Waals surface area contributed by atoms with Gasteiger partial charge in [0.1, 0.15) is 0 Å². The lowest BCUT2D eigenvalue weighted by Gasteiger charge is -2.15. The molecule has 0 aliphatic heterocycles. The van der Waals surface area contributed by atoms with E-state index < -0.39 is 0 Å². The molecule has 2 aromatic heterocycles. The van der Waals surface area contributed by atoms with Gasteiger partial charge in [0.05, 0.1) is 18.2 Å². The van der Waals surface area contributed by atoms with Crippen molar-refractivity contribution in [2.75, 3.05) is 6.54 Å². The molecule has 104 valence electrons. The van der Waals surface area contributed by atoms with Gasteiger partial charge in [-0.15, -0.1) is 0 Å². The molecule has 4 heteroatoms. The maximum absolute atomic E-state index is 5.17. The third kappa shape index (κ3) is 3.47. The molecule has 2 unspecified atom stereocenters. The molecule has 2 rings (SSSR count). The lowest BCUT2D eigenvalue weighted by molar-refractivity contribution is 0.466. The molecule has 0 amide bonds. The number of rotatable bonds is 7. The van der Waals surface area contributed by atoms with Crippen LogP contribution < -0.4 is 5.32 Å². The Bertz CT molecular complexity index is 475. The Kier molecular flexibility index (Phi) is 4.80. The summed E-state index contributed by atoms with van der Waals surface area (Å²) in [5, 5.41) is 8.14. The minimum Gasteiger partial charge on any atom is -0.472 e. The first-order valence-corrected chi connectivity index (χ1v) is 7.04. The van der Waals surface area contributed by atoms with Gasteiger partial charge < -0.3 is 9.73 Å². The summed E-state index contributed by atoms with van der Waals surface area (Å²) in [6.07, 6.45) is 7.58. The first-order valence-electron chi connectivity index (χ1n) is 7.04. The van der Waals surface area contributed by atoms with Crippen molar-refractivity contribution in [2.45, 2.75) is 45.7 Å². The van der Waals surface area contributed by atoms with Crippen molar-refractivity contribution >= 4 is 0 Å². The molecule has 2 heterocycles. The largest absolute Gasteiger partial charge is 0.472 e. The zero-order chi connectivity index (χ0) is 13.7. The standard InChI is InChI=1S/C15H23N3O/c1-4-12(3)18-8-6-14(17-18)10-15(16-5-2)13-7-9-19-11-13/h6-9,11-12,15-16H,4-5,10H2,1-3H3. The average Bonchev–Trinajstić information content (AvgIpc) is 3.08. The van der Waals surface area contributed by atoms with E-state index in [9.17, 15) is 0 Å². The highest BCUT2D eigenvalue weighted by atomic mass is 16.3. The third-order valence-electron chi connectivity index (χ3n) is 3.52. The van der Waals surface area contributed by atoms with E-state index in [1.807, 2.05) is 10.7 Å². The average molecular weight is 261 g/mol. The second-order valence-electron chi connectivity index (χ2n) is 4.92. The summed E-state index contributed by atoms with van der Waals surface area (Å²) in [5.74, 6) is 0. The molecule has 2 atom stereocenters. The number of likely N-dealkylation sites (N-methyl/N-ethyl adjacent to an activating group) is 1. The zero-order valence-electron chi connectivity index (χ0n) is 12.0. The van der Waals surface area contributed by atoms with Gasteiger partial charge in [0.25, 0.3) is 0 Å². The van der Waals surface area contributed by atoms with Gasteiger partial charge in [-0.3, -0.25) is 4.68 Å². The summed E-state index contributed by atoms with van der Waals surface area (Å²) in [6, 6.07) is 4.85. The summed E-state index contributed by atoms with van der Waals surface area (Å²) < 4.78 is 7.22. The Morgan fingerprint density at radius 3 is 2.84 bits per heavy atom. The van der Waals surface area contributed by atoms with Crippen LogP contribution in [0, 0.1) is 0 Å². The van der Waals surface area contributed by atoms with Gasteiger partial charge in [0.15, 0.2) is 0 Å². The molecule has 1 N–H and O–H groups in total. The maximum Gasteiger partial charge on any atom is 0.0950 e. The van der Waals surface area contributed by atoms with E-state index in [0.717, 1.165) is 25.1 Å². The van der Waals surface area contributed by atoms with Crippen LogP contribution >= 0.6 is 0 Å². The fourth-order valence-electron chi connectivity index (χ4n) is 2.16. The van der Waals surface area contributed by atoms with Crippen molar-refractivity contribution in [3.8, 4) is 0 Å². The molecule has 0 spiro atoms. The molecule has 4 nitrogen and oxygen atoms in total. The molecule has 0 aliphatic rings. The summed E-state index contributed by atoms with van der Waals surface area (Å²) >= 11 is 0. The van der Waals surface area contributed by atoms with Crippen molar-refractivity contribution in [3.05, 3.63) is 42.1 Å². The Morgan fingerprint density at radius 2 is 2.21 bits per heavy atom. The van der Waals surface area contributed by atoms with Crippen LogP contribution in [0.3, 0.4) is 0 Å². The molecule has 0 aromatic carbocycles. The monoisotopic (exact) mass is 261 g/mol. The topological polar surface area (TPSA) is 43.0 Å². The SMILES string of the molecule is CCNC(Cc1ccn(C(C)CC)n1)c1ccoc1. The lowest BCUT2D eigenvalue weighted by atomic mass is 10.1. The molecule has 0 saturated carbocycles. The van der Waals surface area contributed by atoms with Crippen molar-refractivity contribution in [2.24, 2.45) is 0 Å². The predicted molar refractivity (Wildman–Crippen MR) is 76.1 cm³/mol. The molecule has 2 aromatic rings. The van der Waals surface area contributed by atoms with E-state index in [0.29, 0.717) is 6.04 Å². The van der Waals surface area contributed by atoms with Crippen LogP contribution in [0.25, 0.3) is 0 Å². The summed E-state index contributed by atoms with van der Waals surface area (Å²) in [5.41, 5.74) is 2.30. The highest BCUT2D eigenvalue weighted by molar-refractivity contribution is 5.15. The number of nitrogens with zero attached hydrogens (tertiary/aromatic N) is 2. The number of furan rings is 1. The van der Waals surface area contributed by atoms with Crippen LogP contribution in [0.15, 0.2) is 35.3 Å². The van der Waals surface area contributed by atoms with Gasteiger partial charge in [-0.25, -0.2) is 0 Å². The second-order valence-corrected chi connectivity index (χ2v) is 4.92. The second kappa shape index (κ2) is 6.57. The van der Waals surface area contributed by atoms with Crippen molar-refractivity contribution in [1.82, 2.24) is 15.1 Å². The first kappa shape index (κ1) is 13.9. The molecule has 19 heavy (non-hydrogen) atoms. The maximum atomic E-state index is 5.17. The molecule has 0 radical (unpaired) electrons. The van der Waals surface area contributed by atoms with Crippen LogP contribution in [0.4, 0.5) is 0 Å². The van der Waals surface area contributed by atoms with E-state index in [1.165, 1.54) is 5.56 Å². The Balaban J connectivity index is 2.07. The van der Waals surface area contributed by atoms with Crippen LogP contribution in [-0.4, -0.2) is 16.3 Å². The third-order valence-corrected chi connectivity index (χ3v) is 3.52. The number of hydrogen-bond acceptors (Lipinski definition) is 3. The normalized spacial score (nSPS) is 14.5. The van der Waals surface area contributed by atoms with Gasteiger partial charge in [-0.2, -0.15) is 5.10 Å². The van der Waals surface area contributed by atoms with E-state index in [-0.39, 0.29) is 6.04 Å². The Morgan fingerprint density at radius 1 is 1.37 bits per heavy atom.